The van der Waals surface area contributed by atoms with Crippen molar-refractivity contribution in [3.05, 3.63) is 42.1 Å². The van der Waals surface area contributed by atoms with Gasteiger partial charge in [0.2, 0.25) is 0 Å². The second-order valence-electron chi connectivity index (χ2n) is 3.21. The highest BCUT2D eigenvalue weighted by atomic mass is 15.0. The van der Waals surface area contributed by atoms with Gasteiger partial charge in [0.15, 0.2) is 5.82 Å². The van der Waals surface area contributed by atoms with Crippen LogP contribution in [0.1, 0.15) is 5.56 Å². The Morgan fingerprint density at radius 2 is 2.19 bits per heavy atom. The van der Waals surface area contributed by atoms with Crippen LogP contribution in [-0.4, -0.2) is 17.0 Å². The zero-order valence-corrected chi connectivity index (χ0v) is 8.81. The topological polar surface area (TPSA) is 61.6 Å². The summed E-state index contributed by atoms with van der Waals surface area (Å²) in [5.41, 5.74) is 1.45. The lowest BCUT2D eigenvalue weighted by Crippen LogP contribution is -1.95. The largest absolute Gasteiger partial charge is 0.373 e. The van der Waals surface area contributed by atoms with Crippen LogP contribution in [0.15, 0.2) is 36.5 Å². The Labute approximate surface area is 93.6 Å². The number of nitriles is 1. The van der Waals surface area contributed by atoms with Gasteiger partial charge in [-0.3, -0.25) is 0 Å². The van der Waals surface area contributed by atoms with Gasteiger partial charge < -0.3 is 5.32 Å². The zero-order chi connectivity index (χ0) is 11.4. The third kappa shape index (κ3) is 1.98. The highest BCUT2D eigenvalue weighted by molar-refractivity contribution is 5.59. The monoisotopic (exact) mass is 210 g/mol. The van der Waals surface area contributed by atoms with Crippen LogP contribution in [0.4, 0.5) is 5.82 Å². The molecule has 0 amide bonds. The molecule has 2 rings (SSSR count). The normalized spacial score (nSPS) is 9.50. The van der Waals surface area contributed by atoms with Gasteiger partial charge in [-0.05, 0) is 18.2 Å². The van der Waals surface area contributed by atoms with Gasteiger partial charge in [-0.2, -0.15) is 5.26 Å². The number of benzene rings is 1. The van der Waals surface area contributed by atoms with Crippen LogP contribution in [-0.2, 0) is 0 Å². The van der Waals surface area contributed by atoms with Crippen molar-refractivity contribution in [1.29, 1.82) is 5.26 Å². The molecule has 0 radical (unpaired) electrons. The Hall–Kier alpha value is -2.41. The lowest BCUT2D eigenvalue weighted by Gasteiger charge is -2.02. The summed E-state index contributed by atoms with van der Waals surface area (Å²) in [5, 5.41) is 11.8. The molecule has 0 atom stereocenters. The summed E-state index contributed by atoms with van der Waals surface area (Å²) in [5.74, 6) is 1.37. The zero-order valence-electron chi connectivity index (χ0n) is 8.81. The molecule has 16 heavy (non-hydrogen) atoms. The van der Waals surface area contributed by atoms with Crippen LogP contribution >= 0.6 is 0 Å². The number of aromatic nitrogens is 2. The number of hydrogen-bond acceptors (Lipinski definition) is 4. The minimum absolute atomic E-state index is 0.607. The van der Waals surface area contributed by atoms with E-state index in [-0.39, 0.29) is 0 Å². The van der Waals surface area contributed by atoms with Crippen molar-refractivity contribution in [3.8, 4) is 17.5 Å². The molecule has 4 nitrogen and oxygen atoms in total. The van der Waals surface area contributed by atoms with Crippen LogP contribution in [0.5, 0.6) is 0 Å². The lowest BCUT2D eigenvalue weighted by atomic mass is 10.1. The molecule has 0 unspecified atom stereocenters. The Morgan fingerprint density at radius 3 is 2.94 bits per heavy atom. The summed E-state index contributed by atoms with van der Waals surface area (Å²) >= 11 is 0. The molecule has 1 heterocycles. The van der Waals surface area contributed by atoms with E-state index in [1.54, 1.807) is 31.4 Å². The van der Waals surface area contributed by atoms with Crippen molar-refractivity contribution in [1.82, 2.24) is 9.97 Å². The van der Waals surface area contributed by atoms with E-state index in [0.29, 0.717) is 11.4 Å². The Bertz CT molecular complexity index is 543. The van der Waals surface area contributed by atoms with Gasteiger partial charge in [-0.1, -0.05) is 12.1 Å². The number of nitrogens with one attached hydrogen (secondary N) is 1. The fourth-order valence-corrected chi connectivity index (χ4v) is 1.36. The van der Waals surface area contributed by atoms with Crippen molar-refractivity contribution in [2.75, 3.05) is 12.4 Å². The van der Waals surface area contributed by atoms with Crippen molar-refractivity contribution in [3.63, 3.8) is 0 Å². The van der Waals surface area contributed by atoms with Crippen LogP contribution in [0.3, 0.4) is 0 Å². The van der Waals surface area contributed by atoms with E-state index in [9.17, 15) is 0 Å². The number of nitrogens with zero attached hydrogens (tertiary/aromatic N) is 3. The molecule has 2 aromatic rings. The molecule has 0 aliphatic heterocycles. The maximum absolute atomic E-state index is 8.81. The molecular formula is C12H10N4. The average molecular weight is 210 g/mol. The van der Waals surface area contributed by atoms with Crippen LogP contribution in [0.2, 0.25) is 0 Å². The minimum atomic E-state index is 0.607. The fraction of sp³-hybridized carbons (Fsp3) is 0.0833. The first-order valence-corrected chi connectivity index (χ1v) is 4.85. The Kier molecular flexibility index (Phi) is 2.79. The second-order valence-corrected chi connectivity index (χ2v) is 3.21. The molecule has 1 aromatic heterocycles. The Morgan fingerprint density at radius 1 is 1.31 bits per heavy atom. The predicted molar refractivity (Wildman–Crippen MR) is 61.7 cm³/mol. The molecular weight excluding hydrogens is 200 g/mol. The molecule has 78 valence electrons. The fourth-order valence-electron chi connectivity index (χ4n) is 1.36. The van der Waals surface area contributed by atoms with E-state index in [0.717, 1.165) is 11.4 Å². The third-order valence-electron chi connectivity index (χ3n) is 2.16. The molecule has 0 saturated heterocycles. The lowest BCUT2D eigenvalue weighted by molar-refractivity contribution is 1.17. The van der Waals surface area contributed by atoms with Crippen LogP contribution in [0.25, 0.3) is 11.4 Å². The minimum Gasteiger partial charge on any atom is -0.373 e. The van der Waals surface area contributed by atoms with E-state index in [1.807, 2.05) is 12.1 Å². The Balaban J connectivity index is 2.46. The maximum Gasteiger partial charge on any atom is 0.161 e. The molecule has 0 aliphatic carbocycles. The molecule has 0 saturated carbocycles. The number of hydrogen-bond donors (Lipinski definition) is 1. The van der Waals surface area contributed by atoms with Gasteiger partial charge in [0.05, 0.1) is 11.6 Å². The average Bonchev–Trinajstić information content (AvgIpc) is 2.39. The summed E-state index contributed by atoms with van der Waals surface area (Å²) in [6.07, 6.45) is 1.69. The second kappa shape index (κ2) is 4.41. The van der Waals surface area contributed by atoms with Crippen molar-refractivity contribution in [2.45, 2.75) is 0 Å². The van der Waals surface area contributed by atoms with Crippen molar-refractivity contribution in [2.24, 2.45) is 0 Å². The standard InChI is InChI=1S/C12H10N4/c1-14-11-5-6-15-12(16-11)10-4-2-3-9(7-10)8-13/h2-7H,1H3,(H,14,15,16). The van der Waals surface area contributed by atoms with Crippen LogP contribution in [0, 0.1) is 11.3 Å². The van der Waals surface area contributed by atoms with Crippen molar-refractivity contribution < 1.29 is 0 Å². The molecule has 0 bridgehead atoms. The highest BCUT2D eigenvalue weighted by Crippen LogP contribution is 2.17. The van der Waals surface area contributed by atoms with Gasteiger partial charge >= 0.3 is 0 Å². The molecule has 4 heteroatoms. The summed E-state index contributed by atoms with van der Waals surface area (Å²) < 4.78 is 0. The summed E-state index contributed by atoms with van der Waals surface area (Å²) in [7, 11) is 1.80. The van der Waals surface area contributed by atoms with E-state index in [4.69, 9.17) is 5.26 Å². The van der Waals surface area contributed by atoms with Gasteiger partial charge in [0.25, 0.3) is 0 Å². The summed E-state index contributed by atoms with van der Waals surface area (Å²) in [6, 6.07) is 11.1. The third-order valence-corrected chi connectivity index (χ3v) is 2.16. The van der Waals surface area contributed by atoms with Gasteiger partial charge in [-0.15, -0.1) is 0 Å². The summed E-state index contributed by atoms with van der Waals surface area (Å²) in [4.78, 5) is 8.48. The molecule has 0 spiro atoms. The smallest absolute Gasteiger partial charge is 0.161 e. The highest BCUT2D eigenvalue weighted by Gasteiger charge is 2.02. The first-order valence-electron chi connectivity index (χ1n) is 4.85. The van der Waals surface area contributed by atoms with Gasteiger partial charge in [0, 0.05) is 18.8 Å². The molecule has 1 aromatic carbocycles. The van der Waals surface area contributed by atoms with E-state index in [2.05, 4.69) is 21.4 Å². The molecule has 1 N–H and O–H groups in total. The number of rotatable bonds is 2. The van der Waals surface area contributed by atoms with E-state index < -0.39 is 0 Å². The summed E-state index contributed by atoms with van der Waals surface area (Å²) in [6.45, 7) is 0. The number of anilines is 1. The molecule has 0 fully saturated rings. The quantitative estimate of drug-likeness (QED) is 0.824. The van der Waals surface area contributed by atoms with Gasteiger partial charge in [-0.25, -0.2) is 9.97 Å². The SMILES string of the molecule is CNc1ccnc(-c2cccc(C#N)c2)n1. The van der Waals surface area contributed by atoms with Gasteiger partial charge in [0.1, 0.15) is 5.82 Å². The van der Waals surface area contributed by atoms with E-state index >= 15 is 0 Å². The predicted octanol–water partition coefficient (Wildman–Crippen LogP) is 2.06. The first-order chi connectivity index (χ1) is 7.83. The molecule has 0 aliphatic rings. The first kappa shape index (κ1) is 10.1. The van der Waals surface area contributed by atoms with Crippen molar-refractivity contribution >= 4 is 5.82 Å². The van der Waals surface area contributed by atoms with Crippen LogP contribution < -0.4 is 5.32 Å². The van der Waals surface area contributed by atoms with E-state index in [1.165, 1.54) is 0 Å². The maximum atomic E-state index is 8.81.